The second-order valence-corrected chi connectivity index (χ2v) is 7.05. The molecule has 0 fully saturated rings. The van der Waals surface area contributed by atoms with Crippen molar-refractivity contribution in [1.82, 2.24) is 10.3 Å². The Balaban J connectivity index is 1.79. The number of amides is 2. The molecule has 150 valence electrons. The number of nitrogens with one attached hydrogen (secondary N) is 2. The first kappa shape index (κ1) is 21.6. The van der Waals surface area contributed by atoms with Crippen LogP contribution in [0.5, 0.6) is 0 Å². The lowest BCUT2D eigenvalue weighted by molar-refractivity contribution is -0.146. The van der Waals surface area contributed by atoms with Gasteiger partial charge in [0.2, 0.25) is 0 Å². The van der Waals surface area contributed by atoms with Crippen molar-refractivity contribution in [1.29, 1.82) is 0 Å². The highest BCUT2D eigenvalue weighted by Crippen LogP contribution is 2.32. The van der Waals surface area contributed by atoms with E-state index in [1.54, 1.807) is 12.1 Å². The summed E-state index contributed by atoms with van der Waals surface area (Å²) in [4.78, 5) is 39.9. The number of rotatable bonds is 6. The normalized spacial score (nSPS) is 11.0. The molecule has 0 spiro atoms. The summed E-state index contributed by atoms with van der Waals surface area (Å²) in [6.45, 7) is 0.639. The lowest BCUT2D eigenvalue weighted by atomic mass is 10.3. The molecule has 0 bridgehead atoms. The van der Waals surface area contributed by atoms with Crippen molar-refractivity contribution in [3.05, 3.63) is 44.7 Å². The summed E-state index contributed by atoms with van der Waals surface area (Å²) in [5.74, 6) is -2.50. The first-order chi connectivity index (χ1) is 13.1. The molecule has 0 aliphatic heterocycles. The van der Waals surface area contributed by atoms with Gasteiger partial charge in [-0.1, -0.05) is 11.6 Å². The van der Waals surface area contributed by atoms with Crippen molar-refractivity contribution < 1.29 is 32.3 Å². The van der Waals surface area contributed by atoms with Crippen LogP contribution in [0.3, 0.4) is 0 Å². The lowest BCUT2D eigenvalue weighted by Crippen LogP contribution is -2.32. The fourth-order valence-electron chi connectivity index (χ4n) is 1.85. The largest absolute Gasteiger partial charge is 0.454 e. The van der Waals surface area contributed by atoms with Gasteiger partial charge in [-0.15, -0.1) is 11.3 Å². The number of carbonyl (C=O) groups is 3. The number of halogens is 4. The molecule has 2 rings (SSSR count). The topological polar surface area (TPSA) is 97.4 Å². The maximum atomic E-state index is 12.5. The quantitative estimate of drug-likeness (QED) is 0.680. The van der Waals surface area contributed by atoms with Gasteiger partial charge >= 0.3 is 12.1 Å². The highest BCUT2D eigenvalue weighted by Gasteiger charge is 2.31. The summed E-state index contributed by atoms with van der Waals surface area (Å²) in [6, 6.07) is 3.97. The molecule has 0 aliphatic rings. The maximum absolute atomic E-state index is 12.5. The molecule has 7 nitrogen and oxygen atoms in total. The lowest BCUT2D eigenvalue weighted by Gasteiger charge is -2.10. The van der Waals surface area contributed by atoms with E-state index in [1.807, 2.05) is 6.92 Å². The van der Waals surface area contributed by atoms with Crippen LogP contribution in [0.2, 0.25) is 5.02 Å². The third-order valence-electron chi connectivity index (χ3n) is 3.15. The number of alkyl halides is 3. The van der Waals surface area contributed by atoms with E-state index >= 15 is 0 Å². The highest BCUT2D eigenvalue weighted by atomic mass is 35.5. The minimum absolute atomic E-state index is 0.308. The summed E-state index contributed by atoms with van der Waals surface area (Å²) in [5, 5.41) is 4.04. The molecular formula is C16H13ClF3N3O4S. The number of aryl methyl sites for hydroxylation is 1. The van der Waals surface area contributed by atoms with Gasteiger partial charge in [0, 0.05) is 11.1 Å². The van der Waals surface area contributed by atoms with Gasteiger partial charge in [-0.25, -0.2) is 4.98 Å². The first-order valence-corrected chi connectivity index (χ1v) is 8.78. The zero-order valence-electron chi connectivity index (χ0n) is 14.2. The summed E-state index contributed by atoms with van der Waals surface area (Å²) in [5.41, 5.74) is -1.07. The SMILES string of the molecule is Cc1ccc(C(=O)NCC(=O)OCC(=O)Nc2ncc(C(F)(F)F)cc2Cl)s1. The number of thiophene rings is 1. The number of ether oxygens (including phenoxy) is 1. The van der Waals surface area contributed by atoms with Crippen molar-refractivity contribution in [2.24, 2.45) is 0 Å². The smallest absolute Gasteiger partial charge is 0.417 e. The van der Waals surface area contributed by atoms with E-state index in [-0.39, 0.29) is 5.82 Å². The molecule has 0 saturated carbocycles. The zero-order valence-corrected chi connectivity index (χ0v) is 15.8. The molecule has 0 atom stereocenters. The maximum Gasteiger partial charge on any atom is 0.417 e. The molecule has 2 amide bonds. The van der Waals surface area contributed by atoms with Crippen LogP contribution in [-0.4, -0.2) is 35.9 Å². The predicted octanol–water partition coefficient (Wildman–Crippen LogP) is 3.04. The fourth-order valence-corrected chi connectivity index (χ4v) is 2.84. The second-order valence-electron chi connectivity index (χ2n) is 5.35. The number of carbonyl (C=O) groups excluding carboxylic acids is 3. The average Bonchev–Trinajstić information content (AvgIpc) is 3.05. The molecule has 0 radical (unpaired) electrons. The molecule has 0 aliphatic carbocycles. The number of aromatic nitrogens is 1. The van der Waals surface area contributed by atoms with Gasteiger partial charge in [0.1, 0.15) is 6.54 Å². The third-order valence-corrected chi connectivity index (χ3v) is 4.44. The van der Waals surface area contributed by atoms with Crippen LogP contribution in [0.25, 0.3) is 0 Å². The van der Waals surface area contributed by atoms with Crippen LogP contribution in [-0.2, 0) is 20.5 Å². The number of pyridine rings is 1. The summed E-state index contributed by atoms with van der Waals surface area (Å²) >= 11 is 6.91. The second kappa shape index (κ2) is 9.02. The van der Waals surface area contributed by atoms with Gasteiger partial charge in [-0.2, -0.15) is 13.2 Å². The van der Waals surface area contributed by atoms with Crippen LogP contribution in [0.15, 0.2) is 24.4 Å². The van der Waals surface area contributed by atoms with Gasteiger partial charge in [-0.3, -0.25) is 14.4 Å². The van der Waals surface area contributed by atoms with E-state index < -0.39 is 47.7 Å². The zero-order chi connectivity index (χ0) is 20.9. The van der Waals surface area contributed by atoms with Crippen LogP contribution >= 0.6 is 22.9 Å². The Labute approximate surface area is 165 Å². The third kappa shape index (κ3) is 6.20. The average molecular weight is 436 g/mol. The molecule has 28 heavy (non-hydrogen) atoms. The number of hydrogen-bond acceptors (Lipinski definition) is 6. The van der Waals surface area contributed by atoms with Gasteiger partial charge in [0.05, 0.1) is 15.5 Å². The molecule has 2 aromatic heterocycles. The summed E-state index contributed by atoms with van der Waals surface area (Å²) in [6.07, 6.45) is -4.11. The summed E-state index contributed by atoms with van der Waals surface area (Å²) < 4.78 is 42.3. The molecule has 0 unspecified atom stereocenters. The predicted molar refractivity (Wildman–Crippen MR) is 95.2 cm³/mol. The van der Waals surface area contributed by atoms with E-state index in [9.17, 15) is 27.6 Å². The van der Waals surface area contributed by atoms with Gasteiger partial charge in [0.25, 0.3) is 11.8 Å². The van der Waals surface area contributed by atoms with Crippen molar-refractivity contribution in [2.45, 2.75) is 13.1 Å². The fraction of sp³-hybridized carbons (Fsp3) is 0.250. The van der Waals surface area contributed by atoms with Crippen molar-refractivity contribution in [3.63, 3.8) is 0 Å². The monoisotopic (exact) mass is 435 g/mol. The molecular weight excluding hydrogens is 423 g/mol. The van der Waals surface area contributed by atoms with Gasteiger partial charge < -0.3 is 15.4 Å². The Bertz CT molecular complexity index is 901. The molecule has 12 heteroatoms. The van der Waals surface area contributed by atoms with E-state index in [0.29, 0.717) is 17.1 Å². The van der Waals surface area contributed by atoms with Gasteiger partial charge in [0.15, 0.2) is 12.4 Å². The molecule has 0 aromatic carbocycles. The number of nitrogens with zero attached hydrogens (tertiary/aromatic N) is 1. The molecule has 0 saturated heterocycles. The van der Waals surface area contributed by atoms with E-state index in [2.05, 4.69) is 20.4 Å². The van der Waals surface area contributed by atoms with Crippen LogP contribution in [0, 0.1) is 6.92 Å². The summed E-state index contributed by atoms with van der Waals surface area (Å²) in [7, 11) is 0. The highest BCUT2D eigenvalue weighted by molar-refractivity contribution is 7.13. The Morgan fingerprint density at radius 2 is 2.00 bits per heavy atom. The van der Waals surface area contributed by atoms with E-state index in [1.165, 1.54) is 11.3 Å². The number of esters is 1. The Kier molecular flexibility index (Phi) is 6.97. The van der Waals surface area contributed by atoms with Crippen molar-refractivity contribution in [3.8, 4) is 0 Å². The molecule has 2 aromatic rings. The minimum atomic E-state index is -4.62. The van der Waals surface area contributed by atoms with Crippen molar-refractivity contribution in [2.75, 3.05) is 18.5 Å². The number of hydrogen-bond donors (Lipinski definition) is 2. The van der Waals surface area contributed by atoms with Crippen LogP contribution in [0.1, 0.15) is 20.1 Å². The number of anilines is 1. The molecule has 2 N–H and O–H groups in total. The Morgan fingerprint density at radius 3 is 2.57 bits per heavy atom. The Morgan fingerprint density at radius 1 is 1.29 bits per heavy atom. The minimum Gasteiger partial charge on any atom is -0.454 e. The van der Waals surface area contributed by atoms with Gasteiger partial charge in [-0.05, 0) is 25.1 Å². The van der Waals surface area contributed by atoms with Crippen molar-refractivity contribution >= 4 is 46.5 Å². The first-order valence-electron chi connectivity index (χ1n) is 7.59. The van der Waals surface area contributed by atoms with Crippen LogP contribution in [0.4, 0.5) is 19.0 Å². The Hall–Kier alpha value is -2.66. The van der Waals surface area contributed by atoms with E-state index in [4.69, 9.17) is 11.6 Å². The van der Waals surface area contributed by atoms with Crippen LogP contribution < -0.4 is 10.6 Å². The van der Waals surface area contributed by atoms with E-state index in [0.717, 1.165) is 4.88 Å². The standard InChI is InChI=1S/C16H13ClF3N3O4S/c1-8-2-3-11(28-8)15(26)22-6-13(25)27-7-12(24)23-14-10(17)4-9(5-21-14)16(18,19)20/h2-5H,6-7H2,1H3,(H,22,26)(H,21,23,24). The molecule has 2 heterocycles.